The molecule has 6 nitrogen and oxygen atoms in total. The van der Waals surface area contributed by atoms with Gasteiger partial charge in [0.15, 0.2) is 0 Å². The minimum Gasteiger partial charge on any atom is -0.314 e. The summed E-state index contributed by atoms with van der Waals surface area (Å²) in [7, 11) is -3.47. The van der Waals surface area contributed by atoms with Crippen LogP contribution < -0.4 is 5.32 Å². The van der Waals surface area contributed by atoms with Gasteiger partial charge in [-0.2, -0.15) is 4.31 Å². The van der Waals surface area contributed by atoms with E-state index in [1.54, 1.807) is 34.9 Å². The third-order valence-corrected chi connectivity index (χ3v) is 6.98. The molecule has 1 aromatic heterocycles. The molecular weight excluding hydrogens is 360 g/mol. The predicted molar refractivity (Wildman–Crippen MR) is 101 cm³/mol. The lowest BCUT2D eigenvalue weighted by Gasteiger charge is -2.32. The van der Waals surface area contributed by atoms with Gasteiger partial charge in [-0.1, -0.05) is 12.1 Å². The Kier molecular flexibility index (Phi) is 5.60. The molecule has 4 rings (SSSR count). The monoisotopic (exact) mass is 382 g/mol. The van der Waals surface area contributed by atoms with Crippen LogP contribution >= 0.6 is 12.4 Å². The third kappa shape index (κ3) is 3.52. The Labute approximate surface area is 154 Å². The molecule has 2 fully saturated rings. The van der Waals surface area contributed by atoms with Gasteiger partial charge in [0, 0.05) is 68.5 Å². The molecule has 1 atom stereocenters. The van der Waals surface area contributed by atoms with Crippen molar-refractivity contribution in [1.82, 2.24) is 19.5 Å². The van der Waals surface area contributed by atoms with Crippen LogP contribution in [0.15, 0.2) is 41.6 Å². The fraction of sp³-hybridized carbons (Fsp3) is 0.471. The van der Waals surface area contributed by atoms with Crippen molar-refractivity contribution >= 4 is 33.2 Å². The lowest BCUT2D eigenvalue weighted by atomic mass is 10.2. The molecule has 0 aliphatic carbocycles. The van der Waals surface area contributed by atoms with Crippen molar-refractivity contribution in [2.24, 2.45) is 0 Å². The van der Waals surface area contributed by atoms with Crippen LogP contribution in [0.1, 0.15) is 6.42 Å². The summed E-state index contributed by atoms with van der Waals surface area (Å²) in [5.74, 6) is 0. The molecule has 2 aromatic rings. The number of hydrogen-bond acceptors (Lipinski definition) is 5. The maximum absolute atomic E-state index is 13.2. The van der Waals surface area contributed by atoms with Crippen molar-refractivity contribution < 1.29 is 8.42 Å². The molecule has 1 unspecified atom stereocenters. The minimum atomic E-state index is -3.47. The number of halogens is 1. The van der Waals surface area contributed by atoms with E-state index in [0.717, 1.165) is 43.4 Å². The molecule has 0 bridgehead atoms. The van der Waals surface area contributed by atoms with E-state index in [4.69, 9.17) is 0 Å². The van der Waals surface area contributed by atoms with E-state index in [2.05, 4.69) is 15.2 Å². The molecular formula is C17H23ClN4O2S. The molecule has 2 saturated heterocycles. The van der Waals surface area contributed by atoms with Gasteiger partial charge in [-0.05, 0) is 18.6 Å². The van der Waals surface area contributed by atoms with Crippen molar-refractivity contribution in [2.45, 2.75) is 17.4 Å². The molecule has 2 aliphatic heterocycles. The molecule has 1 aromatic carbocycles. The van der Waals surface area contributed by atoms with Crippen LogP contribution in [0, 0.1) is 0 Å². The molecule has 0 saturated carbocycles. The van der Waals surface area contributed by atoms with E-state index in [1.165, 1.54) is 0 Å². The average molecular weight is 383 g/mol. The van der Waals surface area contributed by atoms with Crippen molar-refractivity contribution in [3.8, 4) is 0 Å². The van der Waals surface area contributed by atoms with Gasteiger partial charge in [-0.25, -0.2) is 8.42 Å². The lowest BCUT2D eigenvalue weighted by molar-refractivity contribution is 0.179. The quantitative estimate of drug-likeness (QED) is 0.867. The SMILES string of the molecule is Cl.O=S(=O)(c1cccc2cnccc12)N1CCC(N2CCNCC2)C1. The Morgan fingerprint density at radius 2 is 1.92 bits per heavy atom. The fourth-order valence-electron chi connectivity index (χ4n) is 3.73. The second kappa shape index (κ2) is 7.55. The first-order chi connectivity index (χ1) is 11.7. The van der Waals surface area contributed by atoms with E-state index in [9.17, 15) is 8.42 Å². The van der Waals surface area contributed by atoms with Crippen LogP contribution in [0.3, 0.4) is 0 Å². The number of sulfonamides is 1. The maximum atomic E-state index is 13.2. The molecule has 0 radical (unpaired) electrons. The molecule has 3 heterocycles. The molecule has 0 amide bonds. The average Bonchev–Trinajstić information content (AvgIpc) is 3.13. The van der Waals surface area contributed by atoms with Crippen LogP contribution in [-0.4, -0.2) is 67.9 Å². The van der Waals surface area contributed by atoms with Crippen LogP contribution in [-0.2, 0) is 10.0 Å². The van der Waals surface area contributed by atoms with Gasteiger partial charge < -0.3 is 5.32 Å². The Bertz CT molecular complexity index is 834. The summed E-state index contributed by atoms with van der Waals surface area (Å²) in [4.78, 5) is 6.89. The molecule has 25 heavy (non-hydrogen) atoms. The van der Waals surface area contributed by atoms with Gasteiger partial charge in [0.2, 0.25) is 10.0 Å². The highest BCUT2D eigenvalue weighted by Crippen LogP contribution is 2.28. The highest BCUT2D eigenvalue weighted by atomic mass is 35.5. The Morgan fingerprint density at radius 1 is 1.12 bits per heavy atom. The maximum Gasteiger partial charge on any atom is 0.243 e. The second-order valence-corrected chi connectivity index (χ2v) is 8.35. The standard InChI is InChI=1S/C17H22N4O2S.ClH/c22-24(23,17-3-1-2-14-12-19-6-4-16(14)17)21-9-5-15(13-21)20-10-7-18-8-11-20;/h1-4,6,12,15,18H,5,7-11,13H2;1H. The largest absolute Gasteiger partial charge is 0.314 e. The number of fused-ring (bicyclic) bond motifs is 1. The van der Waals surface area contributed by atoms with Crippen molar-refractivity contribution in [1.29, 1.82) is 0 Å². The first kappa shape index (κ1) is 18.5. The zero-order chi connectivity index (χ0) is 16.6. The molecule has 1 N–H and O–H groups in total. The summed E-state index contributed by atoms with van der Waals surface area (Å²) in [6.45, 7) is 5.15. The normalized spacial score (nSPS) is 22.8. The Morgan fingerprint density at radius 3 is 2.72 bits per heavy atom. The number of piperazine rings is 1. The predicted octanol–water partition coefficient (Wildman–Crippen LogP) is 1.32. The topological polar surface area (TPSA) is 65.5 Å². The zero-order valence-corrected chi connectivity index (χ0v) is 15.6. The van der Waals surface area contributed by atoms with Gasteiger partial charge in [-0.3, -0.25) is 9.88 Å². The van der Waals surface area contributed by atoms with E-state index >= 15 is 0 Å². The van der Waals surface area contributed by atoms with Gasteiger partial charge in [-0.15, -0.1) is 12.4 Å². The summed E-state index contributed by atoms with van der Waals surface area (Å²) < 4.78 is 28.0. The zero-order valence-electron chi connectivity index (χ0n) is 14.0. The van der Waals surface area contributed by atoms with Gasteiger partial charge >= 0.3 is 0 Å². The number of benzene rings is 1. The Hall–Kier alpha value is -1.25. The molecule has 2 aliphatic rings. The van der Waals surface area contributed by atoms with Crippen molar-refractivity contribution in [2.75, 3.05) is 39.3 Å². The summed E-state index contributed by atoms with van der Waals surface area (Å²) in [5, 5.41) is 4.95. The lowest BCUT2D eigenvalue weighted by Crippen LogP contribution is -2.49. The van der Waals surface area contributed by atoms with Gasteiger partial charge in [0.1, 0.15) is 0 Å². The number of nitrogens with zero attached hydrogens (tertiary/aromatic N) is 3. The van der Waals surface area contributed by atoms with Gasteiger partial charge in [0.25, 0.3) is 0 Å². The van der Waals surface area contributed by atoms with Gasteiger partial charge in [0.05, 0.1) is 4.90 Å². The minimum absolute atomic E-state index is 0. The highest BCUT2D eigenvalue weighted by Gasteiger charge is 2.36. The van der Waals surface area contributed by atoms with E-state index in [-0.39, 0.29) is 12.4 Å². The second-order valence-electron chi connectivity index (χ2n) is 6.44. The summed E-state index contributed by atoms with van der Waals surface area (Å²) in [5.41, 5.74) is 0. The van der Waals surface area contributed by atoms with Crippen LogP contribution in [0.25, 0.3) is 10.8 Å². The van der Waals surface area contributed by atoms with Crippen LogP contribution in [0.5, 0.6) is 0 Å². The fourth-order valence-corrected chi connectivity index (χ4v) is 5.44. The third-order valence-electron chi connectivity index (χ3n) is 5.05. The highest BCUT2D eigenvalue weighted by molar-refractivity contribution is 7.89. The first-order valence-corrected chi connectivity index (χ1v) is 9.88. The Balaban J connectivity index is 0.00000182. The summed E-state index contributed by atoms with van der Waals surface area (Å²) in [6.07, 6.45) is 4.27. The summed E-state index contributed by atoms with van der Waals surface area (Å²) in [6, 6.07) is 7.51. The number of rotatable bonds is 3. The molecule has 0 spiro atoms. The van der Waals surface area contributed by atoms with E-state index in [1.807, 2.05) is 6.07 Å². The van der Waals surface area contributed by atoms with E-state index < -0.39 is 10.0 Å². The van der Waals surface area contributed by atoms with Crippen molar-refractivity contribution in [3.05, 3.63) is 36.7 Å². The molecule has 8 heteroatoms. The van der Waals surface area contributed by atoms with Crippen LogP contribution in [0.4, 0.5) is 0 Å². The number of nitrogens with one attached hydrogen (secondary N) is 1. The summed E-state index contributed by atoms with van der Waals surface area (Å²) >= 11 is 0. The molecule has 136 valence electrons. The van der Waals surface area contributed by atoms with Crippen LogP contribution in [0.2, 0.25) is 0 Å². The van der Waals surface area contributed by atoms with E-state index in [0.29, 0.717) is 24.0 Å². The van der Waals surface area contributed by atoms with Crippen molar-refractivity contribution in [3.63, 3.8) is 0 Å². The number of hydrogen-bond donors (Lipinski definition) is 1. The number of aromatic nitrogens is 1. The first-order valence-electron chi connectivity index (χ1n) is 8.44. The number of pyridine rings is 1. The smallest absolute Gasteiger partial charge is 0.243 e.